The van der Waals surface area contributed by atoms with Crippen molar-refractivity contribution in [3.05, 3.63) is 52.0 Å². The third-order valence-electron chi connectivity index (χ3n) is 2.20. The summed E-state index contributed by atoms with van der Waals surface area (Å²) in [6.45, 7) is 1.58. The summed E-state index contributed by atoms with van der Waals surface area (Å²) in [5.41, 5.74) is 1.95. The summed E-state index contributed by atoms with van der Waals surface area (Å²) < 4.78 is 0. The van der Waals surface area contributed by atoms with E-state index in [0.717, 1.165) is 17.0 Å². The van der Waals surface area contributed by atoms with E-state index >= 15 is 0 Å². The normalized spacial score (nSPS) is 10.2. The molecule has 0 N–H and O–H groups in total. The van der Waals surface area contributed by atoms with Gasteiger partial charge in [0.05, 0.1) is 5.01 Å². The summed E-state index contributed by atoms with van der Waals surface area (Å²) in [6.07, 6.45) is 2.65. The number of nitrogens with zero attached hydrogens (tertiary/aromatic N) is 1. The van der Waals surface area contributed by atoms with Crippen LogP contribution in [0.1, 0.15) is 27.9 Å². The minimum atomic E-state index is 0.107. The van der Waals surface area contributed by atoms with Gasteiger partial charge in [0.2, 0.25) is 0 Å². The number of hydrogen-bond donors (Lipinski definition) is 0. The summed E-state index contributed by atoms with van der Waals surface area (Å²) in [7, 11) is 0. The number of rotatable bonds is 3. The fraction of sp³-hybridized carbons (Fsp3) is 0.167. The standard InChI is InChI=1S/C12H11NOS/c1-9(14)11-4-2-10(3-5-11)8-12-13-6-7-15-12/h2-7H,8H2,1H3. The molecular formula is C12H11NOS. The Kier molecular flexibility index (Phi) is 2.92. The summed E-state index contributed by atoms with van der Waals surface area (Å²) in [4.78, 5) is 15.3. The highest BCUT2D eigenvalue weighted by atomic mass is 32.1. The second-order valence-corrected chi connectivity index (χ2v) is 4.33. The van der Waals surface area contributed by atoms with E-state index in [2.05, 4.69) is 4.98 Å². The van der Waals surface area contributed by atoms with Gasteiger partial charge in [0, 0.05) is 23.6 Å². The molecule has 0 unspecified atom stereocenters. The maximum atomic E-state index is 11.1. The number of thiazole rings is 1. The van der Waals surface area contributed by atoms with E-state index in [1.165, 1.54) is 5.56 Å². The van der Waals surface area contributed by atoms with Crippen molar-refractivity contribution in [2.75, 3.05) is 0 Å². The van der Waals surface area contributed by atoms with E-state index < -0.39 is 0 Å². The molecule has 0 saturated heterocycles. The third kappa shape index (κ3) is 2.50. The van der Waals surface area contributed by atoms with Gasteiger partial charge in [0.1, 0.15) is 0 Å². The van der Waals surface area contributed by atoms with Gasteiger partial charge < -0.3 is 0 Å². The molecule has 76 valence electrons. The molecule has 0 radical (unpaired) electrons. The van der Waals surface area contributed by atoms with Crippen LogP contribution >= 0.6 is 11.3 Å². The molecule has 0 aliphatic rings. The number of carbonyl (C=O) groups excluding carboxylic acids is 1. The number of ketones is 1. The van der Waals surface area contributed by atoms with E-state index in [0.29, 0.717) is 0 Å². The zero-order chi connectivity index (χ0) is 10.7. The molecule has 0 atom stereocenters. The average molecular weight is 217 g/mol. The quantitative estimate of drug-likeness (QED) is 0.740. The molecule has 0 aliphatic heterocycles. The Balaban J connectivity index is 2.14. The van der Waals surface area contributed by atoms with Crippen molar-refractivity contribution in [2.24, 2.45) is 0 Å². The monoisotopic (exact) mass is 217 g/mol. The summed E-state index contributed by atoms with van der Waals surface area (Å²) in [5.74, 6) is 0.107. The molecule has 15 heavy (non-hydrogen) atoms. The third-order valence-corrected chi connectivity index (χ3v) is 2.98. The lowest BCUT2D eigenvalue weighted by atomic mass is 10.1. The van der Waals surface area contributed by atoms with Crippen LogP contribution < -0.4 is 0 Å². The Morgan fingerprint density at radius 2 is 2.07 bits per heavy atom. The van der Waals surface area contributed by atoms with Crippen molar-refractivity contribution in [1.82, 2.24) is 4.98 Å². The second kappa shape index (κ2) is 4.36. The van der Waals surface area contributed by atoms with Crippen LogP contribution in [0.3, 0.4) is 0 Å². The highest BCUT2D eigenvalue weighted by molar-refractivity contribution is 7.09. The van der Waals surface area contributed by atoms with E-state index in [9.17, 15) is 4.79 Å². The molecule has 1 aromatic heterocycles. The number of carbonyl (C=O) groups is 1. The first kappa shape index (κ1) is 10.1. The number of hydrogen-bond acceptors (Lipinski definition) is 3. The van der Waals surface area contributed by atoms with Crippen LogP contribution in [0.4, 0.5) is 0 Å². The molecule has 0 spiro atoms. The smallest absolute Gasteiger partial charge is 0.159 e. The van der Waals surface area contributed by atoms with Crippen molar-refractivity contribution in [3.8, 4) is 0 Å². The molecule has 0 aliphatic carbocycles. The van der Waals surface area contributed by atoms with E-state index in [1.54, 1.807) is 18.3 Å². The van der Waals surface area contributed by atoms with E-state index in [4.69, 9.17) is 0 Å². The van der Waals surface area contributed by atoms with Crippen molar-refractivity contribution in [2.45, 2.75) is 13.3 Å². The van der Waals surface area contributed by atoms with Crippen LogP contribution in [0.25, 0.3) is 0 Å². The van der Waals surface area contributed by atoms with E-state index in [-0.39, 0.29) is 5.78 Å². The van der Waals surface area contributed by atoms with E-state index in [1.807, 2.05) is 35.8 Å². The lowest BCUT2D eigenvalue weighted by Crippen LogP contribution is -1.93. The van der Waals surface area contributed by atoms with Gasteiger partial charge >= 0.3 is 0 Å². The Labute approximate surface area is 92.6 Å². The minimum Gasteiger partial charge on any atom is -0.295 e. The molecule has 1 aromatic carbocycles. The molecule has 2 nitrogen and oxygen atoms in total. The maximum absolute atomic E-state index is 11.1. The first-order valence-electron chi connectivity index (χ1n) is 4.74. The van der Waals surface area contributed by atoms with Crippen molar-refractivity contribution < 1.29 is 4.79 Å². The second-order valence-electron chi connectivity index (χ2n) is 3.36. The number of Topliss-reactive ketones (excluding diaryl/α,β-unsaturated/α-hetero) is 1. The molecule has 1 heterocycles. The molecule has 0 saturated carbocycles. The van der Waals surface area contributed by atoms with Crippen LogP contribution in [-0.2, 0) is 6.42 Å². The topological polar surface area (TPSA) is 30.0 Å². The van der Waals surface area contributed by atoms with Crippen LogP contribution in [0.5, 0.6) is 0 Å². The van der Waals surface area contributed by atoms with Crippen molar-refractivity contribution >= 4 is 17.1 Å². The highest BCUT2D eigenvalue weighted by Crippen LogP contribution is 2.12. The van der Waals surface area contributed by atoms with Crippen LogP contribution in [-0.4, -0.2) is 10.8 Å². The molecule has 2 aromatic rings. The largest absolute Gasteiger partial charge is 0.295 e. The fourth-order valence-corrected chi connectivity index (χ4v) is 2.02. The predicted molar refractivity (Wildman–Crippen MR) is 61.4 cm³/mol. The fourth-order valence-electron chi connectivity index (χ4n) is 1.37. The molecular weight excluding hydrogens is 206 g/mol. The van der Waals surface area contributed by atoms with Gasteiger partial charge in [0.15, 0.2) is 5.78 Å². The van der Waals surface area contributed by atoms with Gasteiger partial charge in [-0.25, -0.2) is 4.98 Å². The van der Waals surface area contributed by atoms with Crippen LogP contribution in [0, 0.1) is 0 Å². The van der Waals surface area contributed by atoms with Gasteiger partial charge in [-0.2, -0.15) is 0 Å². The first-order chi connectivity index (χ1) is 7.25. The Morgan fingerprint density at radius 1 is 1.33 bits per heavy atom. The lowest BCUT2D eigenvalue weighted by Gasteiger charge is -1.99. The van der Waals surface area contributed by atoms with Gasteiger partial charge in [-0.05, 0) is 12.5 Å². The lowest BCUT2D eigenvalue weighted by molar-refractivity contribution is 0.101. The average Bonchev–Trinajstić information content (AvgIpc) is 2.71. The zero-order valence-corrected chi connectivity index (χ0v) is 9.25. The maximum Gasteiger partial charge on any atom is 0.159 e. The van der Waals surface area contributed by atoms with Gasteiger partial charge in [-0.15, -0.1) is 11.3 Å². The Morgan fingerprint density at radius 3 is 2.60 bits per heavy atom. The Hall–Kier alpha value is -1.48. The van der Waals surface area contributed by atoms with Crippen molar-refractivity contribution in [3.63, 3.8) is 0 Å². The molecule has 0 bridgehead atoms. The first-order valence-corrected chi connectivity index (χ1v) is 5.62. The highest BCUT2D eigenvalue weighted by Gasteiger charge is 2.01. The van der Waals surface area contributed by atoms with Gasteiger partial charge in [-0.1, -0.05) is 24.3 Å². The number of benzene rings is 1. The number of aromatic nitrogens is 1. The summed E-state index contributed by atoms with van der Waals surface area (Å²) >= 11 is 1.65. The molecule has 0 fully saturated rings. The van der Waals surface area contributed by atoms with Crippen LogP contribution in [0.15, 0.2) is 35.8 Å². The summed E-state index contributed by atoms with van der Waals surface area (Å²) in [6, 6.07) is 7.70. The zero-order valence-electron chi connectivity index (χ0n) is 8.43. The predicted octanol–water partition coefficient (Wildman–Crippen LogP) is 2.94. The van der Waals surface area contributed by atoms with Crippen molar-refractivity contribution in [1.29, 1.82) is 0 Å². The minimum absolute atomic E-state index is 0.107. The molecule has 0 amide bonds. The molecule has 3 heteroatoms. The van der Waals surface area contributed by atoms with Crippen LogP contribution in [0.2, 0.25) is 0 Å². The molecule has 2 rings (SSSR count). The van der Waals surface area contributed by atoms with Gasteiger partial charge in [0.25, 0.3) is 0 Å². The summed E-state index contributed by atoms with van der Waals surface area (Å²) in [5, 5.41) is 3.07. The van der Waals surface area contributed by atoms with Gasteiger partial charge in [-0.3, -0.25) is 4.79 Å². The SMILES string of the molecule is CC(=O)c1ccc(Cc2nccs2)cc1. The Bertz CT molecular complexity index is 445.